The van der Waals surface area contributed by atoms with Gasteiger partial charge in [-0.3, -0.25) is 4.79 Å². The second kappa shape index (κ2) is 4.38. The molecule has 0 saturated heterocycles. The van der Waals surface area contributed by atoms with Crippen LogP contribution in [0.15, 0.2) is 0 Å². The van der Waals surface area contributed by atoms with Gasteiger partial charge in [-0.2, -0.15) is 0 Å². The number of carbonyl (C=O) groups is 1. The zero-order valence-corrected chi connectivity index (χ0v) is 6.76. The molecule has 70 valence electrons. The van der Waals surface area contributed by atoms with Gasteiger partial charge in [-0.15, -0.1) is 0 Å². The van der Waals surface area contributed by atoms with Gasteiger partial charge in [0.1, 0.15) is 0 Å². The maximum atomic E-state index is 11.6. The highest BCUT2D eigenvalue weighted by molar-refractivity contribution is 5.72. The first-order valence-electron chi connectivity index (χ1n) is 4.15. The number of halogens is 2. The summed E-state index contributed by atoms with van der Waals surface area (Å²) in [6.45, 7) is -0.755. The van der Waals surface area contributed by atoms with E-state index in [1.807, 2.05) is 0 Å². The van der Waals surface area contributed by atoms with Crippen molar-refractivity contribution in [3.8, 4) is 0 Å². The maximum absolute atomic E-state index is 11.6. The Morgan fingerprint density at radius 3 is 2.50 bits per heavy atom. The van der Waals surface area contributed by atoms with Crippen LogP contribution in [0, 0.1) is 5.92 Å². The number of carbonyl (C=O) groups excluding carboxylic acids is 1. The van der Waals surface area contributed by atoms with Crippen molar-refractivity contribution >= 4 is 5.97 Å². The second-order valence-corrected chi connectivity index (χ2v) is 3.00. The molecule has 1 rings (SSSR count). The molecule has 0 bridgehead atoms. The van der Waals surface area contributed by atoms with Gasteiger partial charge in [0.2, 0.25) is 0 Å². The fourth-order valence-electron chi connectivity index (χ4n) is 1.42. The zero-order chi connectivity index (χ0) is 8.97. The lowest BCUT2D eigenvalue weighted by atomic mass is 10.1. The van der Waals surface area contributed by atoms with Crippen LogP contribution in [-0.4, -0.2) is 19.0 Å². The predicted molar refractivity (Wildman–Crippen MR) is 38.9 cm³/mol. The summed E-state index contributed by atoms with van der Waals surface area (Å²) in [4.78, 5) is 11.0. The molecule has 4 heteroatoms. The molecule has 1 saturated carbocycles. The summed E-state index contributed by atoms with van der Waals surface area (Å²) in [6, 6.07) is 0. The monoisotopic (exact) mass is 178 g/mol. The lowest BCUT2D eigenvalue weighted by molar-refractivity contribution is -0.152. The highest BCUT2D eigenvalue weighted by Gasteiger charge is 2.24. The zero-order valence-electron chi connectivity index (χ0n) is 6.76. The summed E-state index contributed by atoms with van der Waals surface area (Å²) in [5.74, 6) is -0.573. The van der Waals surface area contributed by atoms with Crippen molar-refractivity contribution in [1.29, 1.82) is 0 Å². The van der Waals surface area contributed by atoms with Crippen LogP contribution in [-0.2, 0) is 9.53 Å². The minimum atomic E-state index is -2.55. The number of alkyl halides is 2. The van der Waals surface area contributed by atoms with Crippen molar-refractivity contribution in [3.63, 3.8) is 0 Å². The van der Waals surface area contributed by atoms with Crippen LogP contribution in [0.1, 0.15) is 25.7 Å². The van der Waals surface area contributed by atoms with Crippen LogP contribution in [0.25, 0.3) is 0 Å². The van der Waals surface area contributed by atoms with Crippen LogP contribution >= 0.6 is 0 Å². The summed E-state index contributed by atoms with van der Waals surface area (Å²) in [5, 5.41) is 0. The quantitative estimate of drug-likeness (QED) is 0.618. The normalized spacial score (nSPS) is 18.6. The van der Waals surface area contributed by atoms with E-state index in [0.717, 1.165) is 25.7 Å². The average molecular weight is 178 g/mol. The molecule has 0 unspecified atom stereocenters. The van der Waals surface area contributed by atoms with Gasteiger partial charge >= 0.3 is 5.97 Å². The minimum absolute atomic E-state index is 0.122. The molecule has 1 aliphatic rings. The van der Waals surface area contributed by atoms with E-state index in [-0.39, 0.29) is 5.92 Å². The van der Waals surface area contributed by atoms with Gasteiger partial charge in [-0.25, -0.2) is 8.78 Å². The summed E-state index contributed by atoms with van der Waals surface area (Å²) in [7, 11) is 0. The third kappa shape index (κ3) is 2.75. The minimum Gasteiger partial charge on any atom is -0.459 e. The molecule has 0 atom stereocenters. The van der Waals surface area contributed by atoms with Crippen LogP contribution in [0.2, 0.25) is 0 Å². The topological polar surface area (TPSA) is 26.3 Å². The highest BCUT2D eigenvalue weighted by atomic mass is 19.3. The van der Waals surface area contributed by atoms with E-state index in [1.165, 1.54) is 0 Å². The number of ether oxygens (including phenoxy) is 1. The molecule has 12 heavy (non-hydrogen) atoms. The number of rotatable bonds is 3. The Bertz CT molecular complexity index is 153. The third-order valence-corrected chi connectivity index (χ3v) is 2.04. The summed E-state index contributed by atoms with van der Waals surface area (Å²) in [6.07, 6.45) is 1.06. The molecule has 0 aliphatic heterocycles. The Morgan fingerprint density at radius 2 is 2.00 bits per heavy atom. The van der Waals surface area contributed by atoms with Crippen molar-refractivity contribution in [2.24, 2.45) is 5.92 Å². The molecule has 1 aliphatic carbocycles. The van der Waals surface area contributed by atoms with Gasteiger partial charge in [-0.1, -0.05) is 12.8 Å². The lowest BCUT2D eigenvalue weighted by Crippen LogP contribution is -2.18. The molecule has 0 aromatic carbocycles. The van der Waals surface area contributed by atoms with Crippen LogP contribution < -0.4 is 0 Å². The summed E-state index contributed by atoms with van der Waals surface area (Å²) in [5.41, 5.74) is 0. The van der Waals surface area contributed by atoms with E-state index in [4.69, 9.17) is 0 Å². The Hall–Kier alpha value is -0.670. The summed E-state index contributed by atoms with van der Waals surface area (Å²) >= 11 is 0. The molecule has 1 fully saturated rings. The molecular formula is C8H12F2O2. The average Bonchev–Trinajstić information content (AvgIpc) is 2.51. The molecule has 2 nitrogen and oxygen atoms in total. The van der Waals surface area contributed by atoms with Crippen molar-refractivity contribution in [2.75, 3.05) is 6.61 Å². The number of hydrogen-bond acceptors (Lipinski definition) is 2. The molecule has 0 amide bonds. The van der Waals surface area contributed by atoms with E-state index in [9.17, 15) is 13.6 Å². The van der Waals surface area contributed by atoms with E-state index in [2.05, 4.69) is 4.74 Å². The van der Waals surface area contributed by atoms with Gasteiger partial charge in [0.15, 0.2) is 6.61 Å². The fourth-order valence-corrected chi connectivity index (χ4v) is 1.42. The number of hydrogen-bond donors (Lipinski definition) is 0. The van der Waals surface area contributed by atoms with E-state index in [1.54, 1.807) is 0 Å². The Kier molecular flexibility index (Phi) is 3.44. The van der Waals surface area contributed by atoms with E-state index >= 15 is 0 Å². The second-order valence-electron chi connectivity index (χ2n) is 3.00. The van der Waals surface area contributed by atoms with Gasteiger partial charge in [0.05, 0.1) is 5.92 Å². The van der Waals surface area contributed by atoms with Gasteiger partial charge in [0, 0.05) is 0 Å². The van der Waals surface area contributed by atoms with Crippen LogP contribution in [0.5, 0.6) is 0 Å². The molecule has 0 spiro atoms. The molecule has 0 N–H and O–H groups in total. The predicted octanol–water partition coefficient (Wildman–Crippen LogP) is 1.98. The molecule has 0 aromatic rings. The first-order chi connectivity index (χ1) is 5.70. The molecule has 0 heterocycles. The van der Waals surface area contributed by atoms with Crippen LogP contribution in [0.3, 0.4) is 0 Å². The first kappa shape index (κ1) is 9.42. The molecular weight excluding hydrogens is 166 g/mol. The SMILES string of the molecule is O=C(OCC(F)F)C1CCCC1. The van der Waals surface area contributed by atoms with E-state index in [0.29, 0.717) is 0 Å². The van der Waals surface area contributed by atoms with Crippen molar-refractivity contribution in [3.05, 3.63) is 0 Å². The number of esters is 1. The smallest absolute Gasteiger partial charge is 0.309 e. The van der Waals surface area contributed by atoms with Gasteiger partial charge < -0.3 is 4.74 Å². The van der Waals surface area contributed by atoms with Gasteiger partial charge in [-0.05, 0) is 12.8 Å². The molecule has 0 radical (unpaired) electrons. The third-order valence-electron chi connectivity index (χ3n) is 2.04. The largest absolute Gasteiger partial charge is 0.459 e. The van der Waals surface area contributed by atoms with Gasteiger partial charge in [0.25, 0.3) is 6.43 Å². The summed E-state index contributed by atoms with van der Waals surface area (Å²) < 4.78 is 27.6. The Labute approximate surface area is 69.9 Å². The lowest BCUT2D eigenvalue weighted by Gasteiger charge is -2.08. The maximum Gasteiger partial charge on any atom is 0.309 e. The van der Waals surface area contributed by atoms with Crippen molar-refractivity contribution in [2.45, 2.75) is 32.1 Å². The fraction of sp³-hybridized carbons (Fsp3) is 0.875. The van der Waals surface area contributed by atoms with E-state index < -0.39 is 19.0 Å². The standard InChI is InChI=1S/C8H12F2O2/c9-7(10)5-12-8(11)6-3-1-2-4-6/h6-7H,1-5H2. The highest BCUT2D eigenvalue weighted by Crippen LogP contribution is 2.25. The van der Waals surface area contributed by atoms with Crippen molar-refractivity contribution in [1.82, 2.24) is 0 Å². The van der Waals surface area contributed by atoms with Crippen LogP contribution in [0.4, 0.5) is 8.78 Å². The Balaban J connectivity index is 2.18. The molecule has 0 aromatic heterocycles. The van der Waals surface area contributed by atoms with Crippen molar-refractivity contribution < 1.29 is 18.3 Å². The first-order valence-corrected chi connectivity index (χ1v) is 4.15. The Morgan fingerprint density at radius 1 is 1.42 bits per heavy atom.